The summed E-state index contributed by atoms with van der Waals surface area (Å²) in [5.74, 6) is -0.753. The smallest absolute Gasteiger partial charge is 0.264 e. The third-order valence-corrected chi connectivity index (χ3v) is 5.53. The number of halogens is 1. The van der Waals surface area contributed by atoms with E-state index in [0.717, 1.165) is 16.7 Å². The minimum absolute atomic E-state index is 0.262. The van der Waals surface area contributed by atoms with Crippen LogP contribution in [0.2, 0.25) is 5.02 Å². The number of fused-ring (bicyclic) bond motifs is 1. The lowest BCUT2D eigenvalue weighted by Gasteiger charge is -2.16. The van der Waals surface area contributed by atoms with Crippen LogP contribution in [-0.2, 0) is 4.79 Å². The second-order valence-corrected chi connectivity index (χ2v) is 8.05. The zero-order valence-electron chi connectivity index (χ0n) is 14.1. The number of carbonyl (C=O) groups is 3. The van der Waals surface area contributed by atoms with E-state index in [0.29, 0.717) is 36.7 Å². The highest BCUT2D eigenvalue weighted by Crippen LogP contribution is 2.31. The van der Waals surface area contributed by atoms with Crippen LogP contribution < -0.4 is 10.1 Å². The summed E-state index contributed by atoms with van der Waals surface area (Å²) >= 11 is 12.2. The van der Waals surface area contributed by atoms with E-state index >= 15 is 0 Å². The summed E-state index contributed by atoms with van der Waals surface area (Å²) in [6, 6.07) is 11.5. The molecule has 2 aliphatic rings. The number of amides is 3. The SMILES string of the molecule is O=C1NC(=S)S/C1=C\c1cc(Cl)ccc1OCN1C(=O)c2ccccc2C1=O. The number of thiocarbonyl (C=S) groups is 1. The molecule has 0 unspecified atom stereocenters. The molecule has 2 heterocycles. The maximum Gasteiger partial charge on any atom is 0.264 e. The van der Waals surface area contributed by atoms with Crippen LogP contribution in [0.25, 0.3) is 6.08 Å². The van der Waals surface area contributed by atoms with Crippen molar-refractivity contribution in [1.82, 2.24) is 10.2 Å². The Kier molecular flexibility index (Phi) is 4.92. The summed E-state index contributed by atoms with van der Waals surface area (Å²) in [5, 5.41) is 2.99. The minimum atomic E-state index is -0.412. The van der Waals surface area contributed by atoms with Gasteiger partial charge in [-0.25, -0.2) is 4.90 Å². The summed E-state index contributed by atoms with van der Waals surface area (Å²) in [6.07, 6.45) is 1.60. The van der Waals surface area contributed by atoms with E-state index in [9.17, 15) is 14.4 Å². The van der Waals surface area contributed by atoms with Crippen LogP contribution in [0.3, 0.4) is 0 Å². The fourth-order valence-electron chi connectivity index (χ4n) is 2.82. The fourth-order valence-corrected chi connectivity index (χ4v) is 4.03. The first-order valence-electron chi connectivity index (χ1n) is 8.06. The van der Waals surface area contributed by atoms with Crippen LogP contribution in [0.1, 0.15) is 26.3 Å². The Morgan fingerprint density at radius 3 is 2.39 bits per heavy atom. The highest BCUT2D eigenvalue weighted by Gasteiger charge is 2.35. The highest BCUT2D eigenvalue weighted by molar-refractivity contribution is 8.26. The normalized spacial score (nSPS) is 17.3. The van der Waals surface area contributed by atoms with Crippen LogP contribution in [0, 0.1) is 0 Å². The van der Waals surface area contributed by atoms with Gasteiger partial charge in [-0.15, -0.1) is 0 Å². The van der Waals surface area contributed by atoms with Gasteiger partial charge >= 0.3 is 0 Å². The van der Waals surface area contributed by atoms with Crippen molar-refractivity contribution >= 4 is 63.7 Å². The van der Waals surface area contributed by atoms with Crippen molar-refractivity contribution in [3.8, 4) is 5.75 Å². The number of hydrogen-bond acceptors (Lipinski definition) is 6. The predicted molar refractivity (Wildman–Crippen MR) is 110 cm³/mol. The molecule has 3 amide bonds. The molecule has 6 nitrogen and oxygen atoms in total. The number of imide groups is 1. The van der Waals surface area contributed by atoms with Gasteiger partial charge in [-0.3, -0.25) is 14.4 Å². The first kappa shape index (κ1) is 18.7. The number of hydrogen-bond donors (Lipinski definition) is 1. The molecule has 9 heteroatoms. The summed E-state index contributed by atoms with van der Waals surface area (Å²) < 4.78 is 6.10. The summed E-state index contributed by atoms with van der Waals surface area (Å²) in [6.45, 7) is -0.262. The third kappa shape index (κ3) is 3.42. The van der Waals surface area contributed by atoms with E-state index in [2.05, 4.69) is 5.32 Å². The zero-order valence-corrected chi connectivity index (χ0v) is 16.5. The van der Waals surface area contributed by atoms with Gasteiger partial charge < -0.3 is 10.1 Å². The molecule has 0 aliphatic carbocycles. The van der Waals surface area contributed by atoms with Crippen LogP contribution in [-0.4, -0.2) is 33.7 Å². The average molecular weight is 431 g/mol. The van der Waals surface area contributed by atoms with Gasteiger partial charge in [0.25, 0.3) is 17.7 Å². The molecule has 2 aromatic rings. The summed E-state index contributed by atoms with van der Waals surface area (Å²) in [5.41, 5.74) is 1.23. The molecule has 0 aromatic heterocycles. The molecule has 2 aliphatic heterocycles. The van der Waals surface area contributed by atoms with Crippen molar-refractivity contribution in [1.29, 1.82) is 0 Å². The van der Waals surface area contributed by atoms with Crippen LogP contribution in [0.5, 0.6) is 5.75 Å². The molecule has 1 fully saturated rings. The molecule has 0 atom stereocenters. The molecule has 0 radical (unpaired) electrons. The molecule has 2 aromatic carbocycles. The van der Waals surface area contributed by atoms with Crippen molar-refractivity contribution in [3.63, 3.8) is 0 Å². The van der Waals surface area contributed by atoms with Crippen molar-refractivity contribution in [2.24, 2.45) is 0 Å². The summed E-state index contributed by atoms with van der Waals surface area (Å²) in [7, 11) is 0. The standard InChI is InChI=1S/C19H11ClN2O4S2/c20-11-5-6-14(10(7-11)8-15-16(23)21-19(27)28-15)26-9-22-17(24)12-3-1-2-4-13(12)18(22)25/h1-8H,9H2,(H,21,23,27)/b15-8-. The molecule has 1 saturated heterocycles. The minimum Gasteiger partial charge on any atom is -0.472 e. The Morgan fingerprint density at radius 1 is 1.11 bits per heavy atom. The average Bonchev–Trinajstić information content (AvgIpc) is 3.11. The van der Waals surface area contributed by atoms with Gasteiger partial charge in [-0.05, 0) is 36.4 Å². The van der Waals surface area contributed by atoms with E-state index in [1.807, 2.05) is 0 Å². The first-order chi connectivity index (χ1) is 13.4. The molecule has 0 bridgehead atoms. The van der Waals surface area contributed by atoms with Gasteiger partial charge in [-0.2, -0.15) is 0 Å². The molecule has 28 heavy (non-hydrogen) atoms. The first-order valence-corrected chi connectivity index (χ1v) is 9.67. The van der Waals surface area contributed by atoms with Gasteiger partial charge in [0.15, 0.2) is 6.73 Å². The van der Waals surface area contributed by atoms with E-state index < -0.39 is 11.8 Å². The molecule has 0 spiro atoms. The van der Waals surface area contributed by atoms with Crippen LogP contribution >= 0.6 is 35.6 Å². The van der Waals surface area contributed by atoms with Gasteiger partial charge in [0.2, 0.25) is 0 Å². The lowest BCUT2D eigenvalue weighted by molar-refractivity contribution is -0.115. The Balaban J connectivity index is 1.57. The van der Waals surface area contributed by atoms with Crippen molar-refractivity contribution < 1.29 is 19.1 Å². The number of benzene rings is 2. The van der Waals surface area contributed by atoms with Crippen molar-refractivity contribution in [2.75, 3.05) is 6.73 Å². The molecule has 1 N–H and O–H groups in total. The number of rotatable bonds is 4. The Hall–Kier alpha value is -2.68. The van der Waals surface area contributed by atoms with Gasteiger partial charge in [0.1, 0.15) is 10.1 Å². The van der Waals surface area contributed by atoms with E-state index in [4.69, 9.17) is 28.6 Å². The topological polar surface area (TPSA) is 75.7 Å². The number of carbonyl (C=O) groups excluding carboxylic acids is 3. The van der Waals surface area contributed by atoms with Gasteiger partial charge in [0, 0.05) is 10.6 Å². The molecule has 140 valence electrons. The lowest BCUT2D eigenvalue weighted by Crippen LogP contribution is -2.33. The van der Waals surface area contributed by atoms with E-state index in [1.165, 1.54) is 0 Å². The van der Waals surface area contributed by atoms with Crippen molar-refractivity contribution in [2.45, 2.75) is 0 Å². The number of ether oxygens (including phenoxy) is 1. The predicted octanol–water partition coefficient (Wildman–Crippen LogP) is 3.46. The van der Waals surface area contributed by atoms with Crippen molar-refractivity contribution in [3.05, 3.63) is 69.1 Å². The number of nitrogens with zero attached hydrogens (tertiary/aromatic N) is 1. The second-order valence-electron chi connectivity index (χ2n) is 5.89. The highest BCUT2D eigenvalue weighted by atomic mass is 35.5. The maximum atomic E-state index is 12.4. The number of thioether (sulfide) groups is 1. The zero-order chi connectivity index (χ0) is 19.8. The molecular weight excluding hydrogens is 420 g/mol. The maximum absolute atomic E-state index is 12.4. The van der Waals surface area contributed by atoms with Crippen LogP contribution in [0.15, 0.2) is 47.4 Å². The third-order valence-electron chi connectivity index (χ3n) is 4.13. The molecule has 0 saturated carbocycles. The van der Waals surface area contributed by atoms with Gasteiger partial charge in [-0.1, -0.05) is 47.7 Å². The molecule has 4 rings (SSSR count). The monoisotopic (exact) mass is 430 g/mol. The lowest BCUT2D eigenvalue weighted by atomic mass is 10.1. The molecular formula is C19H11ClN2O4S2. The number of nitrogens with one attached hydrogen (secondary N) is 1. The second kappa shape index (κ2) is 7.38. The summed E-state index contributed by atoms with van der Waals surface area (Å²) in [4.78, 5) is 38.2. The van der Waals surface area contributed by atoms with E-state index in [-0.39, 0.29) is 12.6 Å². The fraction of sp³-hybridized carbons (Fsp3) is 0.0526. The van der Waals surface area contributed by atoms with Crippen LogP contribution in [0.4, 0.5) is 0 Å². The Labute approximate surface area is 174 Å². The quantitative estimate of drug-likeness (QED) is 0.455. The largest absolute Gasteiger partial charge is 0.472 e. The Bertz CT molecular complexity index is 1050. The van der Waals surface area contributed by atoms with E-state index in [1.54, 1.807) is 48.5 Å². The van der Waals surface area contributed by atoms with Gasteiger partial charge in [0.05, 0.1) is 16.0 Å². The Morgan fingerprint density at radius 2 is 1.79 bits per heavy atom.